The number of rotatable bonds is 6. The van der Waals surface area contributed by atoms with Crippen molar-refractivity contribution in [2.75, 3.05) is 5.32 Å². The molecule has 0 atom stereocenters. The van der Waals surface area contributed by atoms with Crippen molar-refractivity contribution in [1.82, 2.24) is 10.1 Å². The number of aromatic nitrogens is 2. The largest absolute Gasteiger partial charge is 0.361 e. The van der Waals surface area contributed by atoms with E-state index in [1.807, 2.05) is 44.2 Å². The van der Waals surface area contributed by atoms with E-state index in [1.54, 1.807) is 11.8 Å². The van der Waals surface area contributed by atoms with Crippen molar-refractivity contribution < 1.29 is 9.32 Å². The van der Waals surface area contributed by atoms with Crippen LogP contribution in [-0.4, -0.2) is 16.0 Å². The summed E-state index contributed by atoms with van der Waals surface area (Å²) in [6, 6.07) is 13.8. The van der Waals surface area contributed by atoms with Gasteiger partial charge >= 0.3 is 0 Å². The minimum atomic E-state index is -0.151. The Hall–Kier alpha value is -2.64. The van der Waals surface area contributed by atoms with Gasteiger partial charge in [0.2, 0.25) is 0 Å². The molecule has 2 aromatic heterocycles. The molecule has 0 spiro atoms. The second-order valence-corrected chi connectivity index (χ2v) is 8.76. The number of carbonyl (C=O) groups is 1. The molecule has 148 valence electrons. The van der Waals surface area contributed by atoms with Crippen LogP contribution in [0.4, 0.5) is 5.13 Å². The number of nitrogens with one attached hydrogen (secondary N) is 1. The number of aryl methyl sites for hydroxylation is 3. The molecule has 5 nitrogen and oxygen atoms in total. The number of amides is 1. The zero-order valence-corrected chi connectivity index (χ0v) is 18.1. The van der Waals surface area contributed by atoms with Gasteiger partial charge in [-0.1, -0.05) is 41.6 Å². The van der Waals surface area contributed by atoms with Crippen LogP contribution in [0.5, 0.6) is 0 Å². The van der Waals surface area contributed by atoms with Crippen molar-refractivity contribution in [2.24, 2.45) is 0 Å². The Bertz CT molecular complexity index is 1160. The highest BCUT2D eigenvalue weighted by molar-refractivity contribution is 7.98. The highest BCUT2D eigenvalue weighted by Crippen LogP contribution is 2.31. The Kier molecular flexibility index (Phi) is 5.69. The lowest BCUT2D eigenvalue weighted by atomic mass is 10.2. The Labute approximate surface area is 177 Å². The summed E-state index contributed by atoms with van der Waals surface area (Å²) in [4.78, 5) is 18.4. The van der Waals surface area contributed by atoms with Crippen molar-refractivity contribution >= 4 is 44.4 Å². The van der Waals surface area contributed by atoms with Crippen LogP contribution < -0.4 is 5.32 Å². The number of benzene rings is 2. The van der Waals surface area contributed by atoms with Crippen molar-refractivity contribution in [3.05, 3.63) is 70.6 Å². The van der Waals surface area contributed by atoms with E-state index in [0.717, 1.165) is 38.6 Å². The van der Waals surface area contributed by atoms with Gasteiger partial charge in [-0.3, -0.25) is 10.1 Å². The second-order valence-electron chi connectivity index (χ2n) is 6.72. The number of nitrogens with zero attached hydrogens (tertiary/aromatic N) is 2. The average molecular weight is 424 g/mol. The van der Waals surface area contributed by atoms with Gasteiger partial charge in [-0.05, 0) is 50.1 Å². The van der Waals surface area contributed by atoms with Crippen LogP contribution in [0.1, 0.15) is 39.9 Å². The van der Waals surface area contributed by atoms with Gasteiger partial charge in [-0.25, -0.2) is 4.98 Å². The third kappa shape index (κ3) is 4.21. The lowest BCUT2D eigenvalue weighted by molar-refractivity contribution is 0.102. The first kappa shape index (κ1) is 19.7. The Balaban J connectivity index is 1.53. The van der Waals surface area contributed by atoms with Gasteiger partial charge in [0.05, 0.1) is 21.5 Å². The van der Waals surface area contributed by atoms with E-state index in [-0.39, 0.29) is 5.91 Å². The highest BCUT2D eigenvalue weighted by atomic mass is 32.2. The molecule has 0 radical (unpaired) electrons. The quantitative estimate of drug-likeness (QED) is 0.385. The molecular weight excluding hydrogens is 402 g/mol. The van der Waals surface area contributed by atoms with Gasteiger partial charge in [0.15, 0.2) is 5.13 Å². The third-order valence-electron chi connectivity index (χ3n) is 4.77. The molecule has 0 saturated carbocycles. The molecule has 2 aromatic carbocycles. The molecule has 4 rings (SSSR count). The van der Waals surface area contributed by atoms with E-state index in [1.165, 1.54) is 16.9 Å². The number of thiazole rings is 1. The molecule has 0 aliphatic carbocycles. The molecule has 0 fully saturated rings. The van der Waals surface area contributed by atoms with Crippen molar-refractivity contribution in [2.45, 2.75) is 37.8 Å². The molecule has 0 unspecified atom stereocenters. The monoisotopic (exact) mass is 423 g/mol. The molecule has 4 aromatic rings. The summed E-state index contributed by atoms with van der Waals surface area (Å²) in [5, 5.41) is 7.58. The first-order valence-electron chi connectivity index (χ1n) is 9.39. The SMILES string of the molecule is CCc1ccc2nc(NC(=O)c3ccccc3SCc3c(C)noc3C)sc2c1. The van der Waals surface area contributed by atoms with Crippen LogP contribution in [0.2, 0.25) is 0 Å². The molecule has 0 saturated heterocycles. The summed E-state index contributed by atoms with van der Waals surface area (Å²) in [7, 11) is 0. The topological polar surface area (TPSA) is 68.0 Å². The fourth-order valence-electron chi connectivity index (χ4n) is 3.04. The van der Waals surface area contributed by atoms with Crippen LogP contribution in [0.3, 0.4) is 0 Å². The maximum atomic E-state index is 12.9. The smallest absolute Gasteiger partial charge is 0.258 e. The molecule has 2 heterocycles. The van der Waals surface area contributed by atoms with Crippen LogP contribution in [0.25, 0.3) is 10.2 Å². The van der Waals surface area contributed by atoms with Gasteiger partial charge in [-0.2, -0.15) is 0 Å². The van der Waals surface area contributed by atoms with Gasteiger partial charge in [0, 0.05) is 16.2 Å². The molecule has 7 heteroatoms. The zero-order valence-electron chi connectivity index (χ0n) is 16.5. The van der Waals surface area contributed by atoms with Crippen LogP contribution in [0.15, 0.2) is 51.9 Å². The molecule has 29 heavy (non-hydrogen) atoms. The van der Waals surface area contributed by atoms with E-state index in [9.17, 15) is 4.79 Å². The normalized spacial score (nSPS) is 11.1. The summed E-state index contributed by atoms with van der Waals surface area (Å²) in [5.74, 6) is 1.37. The van der Waals surface area contributed by atoms with Gasteiger partial charge in [0.1, 0.15) is 5.76 Å². The zero-order chi connectivity index (χ0) is 20.4. The lowest BCUT2D eigenvalue weighted by Crippen LogP contribution is -2.12. The van der Waals surface area contributed by atoms with Gasteiger partial charge in [-0.15, -0.1) is 11.8 Å². The summed E-state index contributed by atoms with van der Waals surface area (Å²) in [6.45, 7) is 5.97. The molecule has 1 N–H and O–H groups in total. The molecule has 0 bridgehead atoms. The van der Waals surface area contributed by atoms with Gasteiger partial charge < -0.3 is 4.52 Å². The summed E-state index contributed by atoms with van der Waals surface area (Å²) in [5.41, 5.74) is 4.77. The summed E-state index contributed by atoms with van der Waals surface area (Å²) < 4.78 is 6.32. The van der Waals surface area contributed by atoms with Crippen molar-refractivity contribution in [3.8, 4) is 0 Å². The predicted octanol–water partition coefficient (Wildman–Crippen LogP) is 6.01. The van der Waals surface area contributed by atoms with Crippen molar-refractivity contribution in [1.29, 1.82) is 0 Å². The second kappa shape index (κ2) is 8.39. The number of fused-ring (bicyclic) bond motifs is 1. The Morgan fingerprint density at radius 2 is 2.03 bits per heavy atom. The number of thioether (sulfide) groups is 1. The molecular formula is C22H21N3O2S2. The standard InChI is InChI=1S/C22H21N3O2S2/c1-4-15-9-10-18-20(11-15)29-22(23-18)24-21(26)16-7-5-6-8-19(16)28-12-17-13(2)25-27-14(17)3/h5-11H,4,12H2,1-3H3,(H,23,24,26). The molecule has 1 amide bonds. The maximum Gasteiger partial charge on any atom is 0.258 e. The van der Waals surface area contributed by atoms with E-state index in [4.69, 9.17) is 4.52 Å². The van der Waals surface area contributed by atoms with Gasteiger partial charge in [0.25, 0.3) is 5.91 Å². The minimum absolute atomic E-state index is 0.151. The van der Waals surface area contributed by atoms with E-state index in [2.05, 4.69) is 34.5 Å². The van der Waals surface area contributed by atoms with Crippen LogP contribution in [-0.2, 0) is 12.2 Å². The first-order chi connectivity index (χ1) is 14.0. The first-order valence-corrected chi connectivity index (χ1v) is 11.2. The molecule has 0 aliphatic rings. The number of hydrogen-bond acceptors (Lipinski definition) is 6. The summed E-state index contributed by atoms with van der Waals surface area (Å²) in [6.07, 6.45) is 0.977. The number of carbonyl (C=O) groups excluding carboxylic acids is 1. The van der Waals surface area contributed by atoms with E-state index in [0.29, 0.717) is 16.4 Å². The third-order valence-corrected chi connectivity index (χ3v) is 6.80. The molecule has 0 aliphatic heterocycles. The average Bonchev–Trinajstić information content (AvgIpc) is 3.27. The predicted molar refractivity (Wildman–Crippen MR) is 119 cm³/mol. The highest BCUT2D eigenvalue weighted by Gasteiger charge is 2.16. The fourth-order valence-corrected chi connectivity index (χ4v) is 5.17. The van der Waals surface area contributed by atoms with Crippen LogP contribution in [0, 0.1) is 13.8 Å². The summed E-state index contributed by atoms with van der Waals surface area (Å²) >= 11 is 3.10. The van der Waals surface area contributed by atoms with E-state index >= 15 is 0 Å². The van der Waals surface area contributed by atoms with Crippen molar-refractivity contribution in [3.63, 3.8) is 0 Å². The Morgan fingerprint density at radius 1 is 1.21 bits per heavy atom. The maximum absolute atomic E-state index is 12.9. The number of hydrogen-bond donors (Lipinski definition) is 1. The number of anilines is 1. The van der Waals surface area contributed by atoms with E-state index < -0.39 is 0 Å². The van der Waals surface area contributed by atoms with Crippen LogP contribution >= 0.6 is 23.1 Å². The Morgan fingerprint density at radius 3 is 2.79 bits per heavy atom. The fraction of sp³-hybridized carbons (Fsp3) is 0.227. The minimum Gasteiger partial charge on any atom is -0.361 e. The lowest BCUT2D eigenvalue weighted by Gasteiger charge is -2.08.